The normalized spacial score (nSPS) is 38.4. The monoisotopic (exact) mass is 386 g/mol. The second-order valence-corrected chi connectivity index (χ2v) is 9.49. The third-order valence-electron chi connectivity index (χ3n) is 7.15. The first-order valence-electron chi connectivity index (χ1n) is 10.5. The zero-order valence-corrected chi connectivity index (χ0v) is 17.5. The molecule has 0 spiro atoms. The van der Waals surface area contributed by atoms with Crippen LogP contribution in [-0.4, -0.2) is 34.0 Å². The highest BCUT2D eigenvalue weighted by Crippen LogP contribution is 2.57. The highest BCUT2D eigenvalue weighted by molar-refractivity contribution is 5.87. The summed E-state index contributed by atoms with van der Waals surface area (Å²) in [4.78, 5) is 12.7. The van der Waals surface area contributed by atoms with E-state index in [0.29, 0.717) is 18.8 Å². The van der Waals surface area contributed by atoms with E-state index in [0.717, 1.165) is 18.4 Å². The fraction of sp³-hybridized carbons (Fsp3) is 0.625. The van der Waals surface area contributed by atoms with Gasteiger partial charge in [0.15, 0.2) is 0 Å². The number of aliphatic hydroxyl groups excluding tert-OH is 1. The van der Waals surface area contributed by atoms with E-state index < -0.39 is 23.2 Å². The molecule has 0 aromatic heterocycles. The Balaban J connectivity index is 1.87. The average molecular weight is 387 g/mol. The smallest absolute Gasteiger partial charge is 0.331 e. The molecule has 2 saturated carbocycles. The van der Waals surface area contributed by atoms with E-state index in [2.05, 4.69) is 13.8 Å². The molecule has 1 aromatic carbocycles. The van der Waals surface area contributed by atoms with Crippen molar-refractivity contribution in [2.24, 2.45) is 23.2 Å². The molecule has 0 saturated heterocycles. The lowest BCUT2D eigenvalue weighted by atomic mass is 9.50. The number of carbonyl (C=O) groups is 1. The van der Waals surface area contributed by atoms with Gasteiger partial charge < -0.3 is 14.9 Å². The Kier molecular flexibility index (Phi) is 6.02. The van der Waals surface area contributed by atoms with E-state index in [1.54, 1.807) is 6.08 Å². The first-order valence-corrected chi connectivity index (χ1v) is 10.5. The molecule has 3 rings (SSSR count). The number of fused-ring (bicyclic) bond motifs is 1. The SMILES string of the molecule is CC(C)[C@@H]1CC[C@@]2(C)[C@H](O)CC[C@@](C)(O)[C@@H]2[C@@H]1OC(=O)C=Cc1ccccc1. The van der Waals surface area contributed by atoms with Crippen molar-refractivity contribution in [3.05, 3.63) is 42.0 Å². The molecule has 0 bridgehead atoms. The van der Waals surface area contributed by atoms with Crippen LogP contribution in [0.15, 0.2) is 36.4 Å². The number of rotatable bonds is 4. The summed E-state index contributed by atoms with van der Waals surface area (Å²) in [5.41, 5.74) is -0.468. The van der Waals surface area contributed by atoms with Crippen molar-refractivity contribution in [2.75, 3.05) is 0 Å². The van der Waals surface area contributed by atoms with Gasteiger partial charge in [-0.15, -0.1) is 0 Å². The van der Waals surface area contributed by atoms with E-state index in [1.807, 2.05) is 44.2 Å². The standard InChI is InChI=1S/C24H34O4/c1-16(2)18-12-14-23(3)19(25)13-15-24(4,27)22(23)21(18)28-20(26)11-10-17-8-6-5-7-9-17/h5-11,16,18-19,21-22,25,27H,12-15H2,1-4H3/t18-,19+,21+,22+,23-,24+/m0/s1. The van der Waals surface area contributed by atoms with Gasteiger partial charge in [0.1, 0.15) is 6.10 Å². The van der Waals surface area contributed by atoms with E-state index >= 15 is 0 Å². The highest BCUT2D eigenvalue weighted by Gasteiger charge is 2.60. The minimum Gasteiger partial charge on any atom is -0.458 e. The minimum atomic E-state index is -0.963. The fourth-order valence-corrected chi connectivity index (χ4v) is 5.54. The topological polar surface area (TPSA) is 66.8 Å². The molecule has 2 aliphatic rings. The summed E-state index contributed by atoms with van der Waals surface area (Å²) < 4.78 is 6.01. The van der Waals surface area contributed by atoms with Crippen LogP contribution in [0.3, 0.4) is 0 Å². The first-order chi connectivity index (χ1) is 13.1. The molecule has 1 aromatic rings. The van der Waals surface area contributed by atoms with Gasteiger partial charge in [0.25, 0.3) is 0 Å². The van der Waals surface area contributed by atoms with Gasteiger partial charge in [0.2, 0.25) is 0 Å². The molecular formula is C24H34O4. The average Bonchev–Trinajstić information content (AvgIpc) is 2.64. The van der Waals surface area contributed by atoms with Gasteiger partial charge in [0, 0.05) is 17.4 Å². The molecule has 0 radical (unpaired) electrons. The predicted octanol–water partition coefficient (Wildman–Crippen LogP) is 4.21. The van der Waals surface area contributed by atoms with E-state index in [9.17, 15) is 15.0 Å². The molecule has 0 heterocycles. The maximum absolute atomic E-state index is 12.7. The van der Waals surface area contributed by atoms with Crippen LogP contribution in [-0.2, 0) is 9.53 Å². The zero-order valence-electron chi connectivity index (χ0n) is 17.5. The Labute approximate surface area is 168 Å². The van der Waals surface area contributed by atoms with Crippen LogP contribution >= 0.6 is 0 Å². The van der Waals surface area contributed by atoms with Crippen molar-refractivity contribution in [1.82, 2.24) is 0 Å². The quantitative estimate of drug-likeness (QED) is 0.601. The van der Waals surface area contributed by atoms with E-state index in [1.165, 1.54) is 6.08 Å². The van der Waals surface area contributed by atoms with Crippen LogP contribution in [0.1, 0.15) is 58.9 Å². The minimum absolute atomic E-state index is 0.170. The van der Waals surface area contributed by atoms with Crippen LogP contribution in [0.4, 0.5) is 0 Å². The number of ether oxygens (including phenoxy) is 1. The number of carbonyl (C=O) groups excluding carboxylic acids is 1. The van der Waals surface area contributed by atoms with Crippen LogP contribution in [0.5, 0.6) is 0 Å². The number of aliphatic hydroxyl groups is 2. The maximum Gasteiger partial charge on any atom is 0.331 e. The van der Waals surface area contributed by atoms with Gasteiger partial charge in [-0.3, -0.25) is 0 Å². The second-order valence-electron chi connectivity index (χ2n) is 9.49. The summed E-state index contributed by atoms with van der Waals surface area (Å²) in [5, 5.41) is 22.0. The van der Waals surface area contributed by atoms with Crippen LogP contribution in [0.2, 0.25) is 0 Å². The van der Waals surface area contributed by atoms with Crippen LogP contribution < -0.4 is 0 Å². The predicted molar refractivity (Wildman–Crippen MR) is 110 cm³/mol. The summed E-state index contributed by atoms with van der Waals surface area (Å²) >= 11 is 0. The van der Waals surface area contributed by atoms with Crippen molar-refractivity contribution in [3.8, 4) is 0 Å². The molecule has 0 aliphatic heterocycles. The lowest BCUT2D eigenvalue weighted by molar-refractivity contribution is -0.228. The Morgan fingerprint density at radius 2 is 1.86 bits per heavy atom. The molecule has 4 nitrogen and oxygen atoms in total. The Morgan fingerprint density at radius 1 is 1.18 bits per heavy atom. The lowest BCUT2D eigenvalue weighted by Gasteiger charge is -2.59. The first kappa shape index (κ1) is 21.1. The second kappa shape index (κ2) is 8.00. The Bertz CT molecular complexity index is 709. The maximum atomic E-state index is 12.7. The van der Waals surface area contributed by atoms with Gasteiger partial charge in [0.05, 0.1) is 11.7 Å². The number of esters is 1. The Morgan fingerprint density at radius 3 is 2.50 bits per heavy atom. The van der Waals surface area contributed by atoms with Crippen molar-refractivity contribution >= 4 is 12.0 Å². The number of hydrogen-bond donors (Lipinski definition) is 2. The molecular weight excluding hydrogens is 352 g/mol. The molecule has 28 heavy (non-hydrogen) atoms. The van der Waals surface area contributed by atoms with Crippen molar-refractivity contribution in [1.29, 1.82) is 0 Å². The molecule has 0 amide bonds. The van der Waals surface area contributed by atoms with Crippen molar-refractivity contribution < 1.29 is 19.7 Å². The molecule has 154 valence electrons. The summed E-state index contributed by atoms with van der Waals surface area (Å²) in [6.45, 7) is 8.17. The van der Waals surface area contributed by atoms with E-state index in [4.69, 9.17) is 4.74 Å². The molecule has 2 fully saturated rings. The third-order valence-corrected chi connectivity index (χ3v) is 7.15. The third kappa shape index (κ3) is 4.04. The van der Waals surface area contributed by atoms with Gasteiger partial charge in [-0.1, -0.05) is 51.1 Å². The van der Waals surface area contributed by atoms with Crippen LogP contribution in [0, 0.1) is 23.2 Å². The fourth-order valence-electron chi connectivity index (χ4n) is 5.54. The molecule has 0 unspecified atom stereocenters. The summed E-state index contributed by atoms with van der Waals surface area (Å²) in [7, 11) is 0. The van der Waals surface area contributed by atoms with Crippen molar-refractivity contribution in [3.63, 3.8) is 0 Å². The molecule has 2 aliphatic carbocycles. The lowest BCUT2D eigenvalue weighted by Crippen LogP contribution is -2.64. The Hall–Kier alpha value is -1.65. The summed E-state index contributed by atoms with van der Waals surface area (Å²) in [6, 6.07) is 9.64. The van der Waals surface area contributed by atoms with Crippen molar-refractivity contribution in [2.45, 2.75) is 71.2 Å². The van der Waals surface area contributed by atoms with E-state index in [-0.39, 0.29) is 17.8 Å². The largest absolute Gasteiger partial charge is 0.458 e. The number of hydrogen-bond acceptors (Lipinski definition) is 4. The zero-order chi connectivity index (χ0) is 20.5. The summed E-state index contributed by atoms with van der Waals surface area (Å²) in [6.07, 6.45) is 5.16. The number of benzene rings is 1. The van der Waals surface area contributed by atoms with Crippen LogP contribution in [0.25, 0.3) is 6.08 Å². The van der Waals surface area contributed by atoms with Gasteiger partial charge >= 0.3 is 5.97 Å². The van der Waals surface area contributed by atoms with Gasteiger partial charge in [-0.25, -0.2) is 4.79 Å². The molecule has 4 heteroatoms. The van der Waals surface area contributed by atoms with Gasteiger partial charge in [-0.2, -0.15) is 0 Å². The van der Waals surface area contributed by atoms with Gasteiger partial charge in [-0.05, 0) is 56.1 Å². The molecule has 6 atom stereocenters. The molecule has 2 N–H and O–H groups in total. The highest BCUT2D eigenvalue weighted by atomic mass is 16.5. The summed E-state index contributed by atoms with van der Waals surface area (Å²) in [5.74, 6) is -0.169.